The average Bonchev–Trinajstić information content (AvgIpc) is 2.73. The van der Waals surface area contributed by atoms with Gasteiger partial charge in [-0.15, -0.1) is 0 Å². The van der Waals surface area contributed by atoms with Gasteiger partial charge in [-0.1, -0.05) is 6.92 Å². The number of benzene rings is 2. The minimum absolute atomic E-state index is 0.109. The number of aryl methyl sites for hydroxylation is 1. The van der Waals surface area contributed by atoms with Crippen molar-refractivity contribution < 1.29 is 22.7 Å². The quantitative estimate of drug-likeness (QED) is 0.540. The number of sulfone groups is 1. The molecule has 0 aliphatic heterocycles. The van der Waals surface area contributed by atoms with Crippen LogP contribution in [0.4, 0.5) is 5.82 Å². The molecule has 0 bridgehead atoms. The molecule has 1 amide bonds. The molecule has 0 atom stereocenters. The van der Waals surface area contributed by atoms with E-state index >= 15 is 0 Å². The van der Waals surface area contributed by atoms with E-state index in [0.717, 1.165) is 18.4 Å². The number of aromatic nitrogens is 2. The predicted octanol–water partition coefficient (Wildman–Crippen LogP) is 4.27. The zero-order valence-electron chi connectivity index (χ0n) is 18.3. The van der Waals surface area contributed by atoms with Crippen LogP contribution in [0.25, 0.3) is 0 Å². The highest BCUT2D eigenvalue weighted by atomic mass is 32.2. The molecule has 3 aromatic rings. The number of anilines is 1. The van der Waals surface area contributed by atoms with Crippen molar-refractivity contribution in [1.82, 2.24) is 9.97 Å². The number of carbonyl (C=O) groups is 1. The number of amides is 1. The Hall–Kier alpha value is -3.46. The maximum atomic E-state index is 12.8. The second-order valence-electron chi connectivity index (χ2n) is 7.41. The topological polar surface area (TPSA) is 107 Å². The number of ether oxygens (including phenoxy) is 2. The number of hydrogen-bond acceptors (Lipinski definition) is 7. The molecular weight excluding hydrogens is 430 g/mol. The van der Waals surface area contributed by atoms with Crippen molar-refractivity contribution in [3.63, 3.8) is 0 Å². The molecule has 8 nitrogen and oxygen atoms in total. The molecule has 0 spiro atoms. The maximum absolute atomic E-state index is 12.8. The molecule has 32 heavy (non-hydrogen) atoms. The standard InChI is InChI=1S/C23H25N3O5S/c1-5-17-13-25-22(14-24-17)26-23(27)16-10-19(30-15(2)3)12-20(11-16)31-18-6-8-21(9-7-18)32(4,28)29/h6-15H,5H2,1-4H3,(H,25,26,27). The van der Waals surface area contributed by atoms with Gasteiger partial charge in [-0.2, -0.15) is 0 Å². The minimum atomic E-state index is -3.30. The van der Waals surface area contributed by atoms with E-state index in [1.807, 2.05) is 20.8 Å². The molecule has 0 aliphatic carbocycles. The Labute approximate surface area is 187 Å². The van der Waals surface area contributed by atoms with Gasteiger partial charge in [0.05, 0.1) is 29.1 Å². The number of nitrogens with one attached hydrogen (secondary N) is 1. The van der Waals surface area contributed by atoms with Crippen LogP contribution in [0.1, 0.15) is 36.8 Å². The van der Waals surface area contributed by atoms with Crippen molar-refractivity contribution in [3.8, 4) is 17.2 Å². The van der Waals surface area contributed by atoms with Crippen LogP contribution < -0.4 is 14.8 Å². The summed E-state index contributed by atoms with van der Waals surface area (Å²) in [4.78, 5) is 21.4. The third-order valence-corrected chi connectivity index (χ3v) is 5.44. The first kappa shape index (κ1) is 23.2. The molecule has 1 N–H and O–H groups in total. The van der Waals surface area contributed by atoms with E-state index in [2.05, 4.69) is 15.3 Å². The molecule has 2 aromatic carbocycles. The van der Waals surface area contributed by atoms with Gasteiger partial charge in [-0.25, -0.2) is 13.4 Å². The van der Waals surface area contributed by atoms with E-state index in [1.54, 1.807) is 36.5 Å². The van der Waals surface area contributed by atoms with E-state index in [-0.39, 0.29) is 11.0 Å². The summed E-state index contributed by atoms with van der Waals surface area (Å²) in [5, 5.41) is 2.71. The monoisotopic (exact) mass is 455 g/mol. The van der Waals surface area contributed by atoms with E-state index in [1.165, 1.54) is 18.3 Å². The van der Waals surface area contributed by atoms with E-state index < -0.39 is 15.7 Å². The first-order valence-corrected chi connectivity index (χ1v) is 11.9. The summed E-state index contributed by atoms with van der Waals surface area (Å²) in [6, 6.07) is 10.9. The lowest BCUT2D eigenvalue weighted by atomic mass is 10.2. The summed E-state index contributed by atoms with van der Waals surface area (Å²) >= 11 is 0. The van der Waals surface area contributed by atoms with Crippen molar-refractivity contribution in [2.75, 3.05) is 11.6 Å². The molecule has 0 aliphatic rings. The number of rotatable bonds is 8. The lowest BCUT2D eigenvalue weighted by molar-refractivity contribution is 0.102. The van der Waals surface area contributed by atoms with E-state index in [9.17, 15) is 13.2 Å². The minimum Gasteiger partial charge on any atom is -0.491 e. The molecule has 9 heteroatoms. The fourth-order valence-electron chi connectivity index (χ4n) is 2.78. The lowest BCUT2D eigenvalue weighted by Crippen LogP contribution is -2.14. The fraction of sp³-hybridized carbons (Fsp3) is 0.261. The normalized spacial score (nSPS) is 11.3. The van der Waals surface area contributed by atoms with Gasteiger partial charge in [0.25, 0.3) is 5.91 Å². The highest BCUT2D eigenvalue weighted by Gasteiger charge is 2.14. The largest absolute Gasteiger partial charge is 0.491 e. The van der Waals surface area contributed by atoms with Gasteiger partial charge < -0.3 is 14.8 Å². The van der Waals surface area contributed by atoms with Gasteiger partial charge in [-0.05, 0) is 56.7 Å². The summed E-state index contributed by atoms with van der Waals surface area (Å²) in [7, 11) is -3.30. The van der Waals surface area contributed by atoms with Crippen molar-refractivity contribution in [1.29, 1.82) is 0 Å². The number of hydrogen-bond donors (Lipinski definition) is 1. The second-order valence-corrected chi connectivity index (χ2v) is 9.42. The Morgan fingerprint density at radius 1 is 1.00 bits per heavy atom. The van der Waals surface area contributed by atoms with Crippen LogP contribution in [-0.2, 0) is 16.3 Å². The average molecular weight is 456 g/mol. The van der Waals surface area contributed by atoms with E-state index in [0.29, 0.717) is 28.6 Å². The Morgan fingerprint density at radius 2 is 1.69 bits per heavy atom. The van der Waals surface area contributed by atoms with Crippen molar-refractivity contribution in [3.05, 3.63) is 66.1 Å². The summed E-state index contributed by atoms with van der Waals surface area (Å²) in [5.41, 5.74) is 1.14. The molecule has 0 saturated heterocycles. The molecule has 0 unspecified atom stereocenters. The Balaban J connectivity index is 1.85. The van der Waals surface area contributed by atoms with Crippen molar-refractivity contribution >= 4 is 21.6 Å². The predicted molar refractivity (Wildman–Crippen MR) is 121 cm³/mol. The number of carbonyl (C=O) groups excluding carboxylic acids is 1. The second kappa shape index (κ2) is 9.78. The first-order valence-electron chi connectivity index (χ1n) is 10.1. The smallest absolute Gasteiger partial charge is 0.257 e. The molecule has 0 saturated carbocycles. The van der Waals surface area contributed by atoms with Gasteiger partial charge in [0.2, 0.25) is 0 Å². The summed E-state index contributed by atoms with van der Waals surface area (Å²) < 4.78 is 34.9. The number of nitrogens with zero attached hydrogens (tertiary/aromatic N) is 2. The molecule has 1 heterocycles. The van der Waals surface area contributed by atoms with Crippen molar-refractivity contribution in [2.45, 2.75) is 38.2 Å². The van der Waals surface area contributed by atoms with Crippen LogP contribution in [-0.4, -0.2) is 36.7 Å². The lowest BCUT2D eigenvalue weighted by Gasteiger charge is -2.14. The fourth-order valence-corrected chi connectivity index (χ4v) is 3.41. The first-order chi connectivity index (χ1) is 15.1. The van der Waals surface area contributed by atoms with Crippen LogP contribution in [0, 0.1) is 0 Å². The van der Waals surface area contributed by atoms with Gasteiger partial charge in [-0.3, -0.25) is 9.78 Å². The third kappa shape index (κ3) is 6.27. The van der Waals surface area contributed by atoms with Gasteiger partial charge in [0.15, 0.2) is 15.7 Å². The summed E-state index contributed by atoms with van der Waals surface area (Å²) in [5.74, 6) is 1.19. The third-order valence-electron chi connectivity index (χ3n) is 4.31. The maximum Gasteiger partial charge on any atom is 0.257 e. The zero-order valence-corrected chi connectivity index (χ0v) is 19.1. The van der Waals surface area contributed by atoms with Crippen LogP contribution in [0.3, 0.4) is 0 Å². The van der Waals surface area contributed by atoms with Gasteiger partial charge >= 0.3 is 0 Å². The Kier molecular flexibility index (Phi) is 7.09. The molecule has 3 rings (SSSR count). The van der Waals surface area contributed by atoms with Crippen LogP contribution >= 0.6 is 0 Å². The Bertz CT molecular complexity index is 1190. The molecule has 0 radical (unpaired) electrons. The summed E-state index contributed by atoms with van der Waals surface area (Å²) in [6.07, 6.45) is 4.90. The summed E-state index contributed by atoms with van der Waals surface area (Å²) in [6.45, 7) is 5.73. The SMILES string of the molecule is CCc1cnc(NC(=O)c2cc(Oc3ccc(S(C)(=O)=O)cc3)cc(OC(C)C)c2)cn1. The highest BCUT2D eigenvalue weighted by Crippen LogP contribution is 2.29. The Morgan fingerprint density at radius 3 is 2.25 bits per heavy atom. The molecule has 1 aromatic heterocycles. The zero-order chi connectivity index (χ0) is 23.3. The van der Waals surface area contributed by atoms with Crippen LogP contribution in [0.15, 0.2) is 59.8 Å². The van der Waals surface area contributed by atoms with E-state index in [4.69, 9.17) is 9.47 Å². The highest BCUT2D eigenvalue weighted by molar-refractivity contribution is 7.90. The molecule has 0 fully saturated rings. The molecular formula is C23H25N3O5S. The van der Waals surface area contributed by atoms with Crippen LogP contribution in [0.2, 0.25) is 0 Å². The van der Waals surface area contributed by atoms with Crippen LogP contribution in [0.5, 0.6) is 17.2 Å². The van der Waals surface area contributed by atoms with Crippen molar-refractivity contribution in [2.24, 2.45) is 0 Å². The van der Waals surface area contributed by atoms with Gasteiger partial charge in [0, 0.05) is 17.9 Å². The van der Waals surface area contributed by atoms with Gasteiger partial charge in [0.1, 0.15) is 17.2 Å². The molecule has 168 valence electrons.